The lowest BCUT2D eigenvalue weighted by Crippen LogP contribution is -2.15. The lowest BCUT2D eigenvalue weighted by Gasteiger charge is -2.13. The Bertz CT molecular complexity index is 215. The molecule has 0 aromatic rings. The summed E-state index contributed by atoms with van der Waals surface area (Å²) in [5.41, 5.74) is -1.23. The average molecular weight is 172 g/mol. The molecule has 1 aliphatic carbocycles. The molecular weight excluding hydrogens is 159 g/mol. The second-order valence-electron chi connectivity index (χ2n) is 3.37. The first kappa shape index (κ1) is 9.23. The molecule has 0 saturated heterocycles. The molecule has 0 bridgehead atoms. The molecule has 1 N–H and O–H groups in total. The van der Waals surface area contributed by atoms with Crippen LogP contribution in [0.3, 0.4) is 0 Å². The van der Waals surface area contributed by atoms with Crippen LogP contribution in [-0.4, -0.2) is 16.7 Å². The van der Waals surface area contributed by atoms with Gasteiger partial charge in [-0.15, -0.1) is 0 Å². The minimum Gasteiger partial charge on any atom is -0.478 e. The highest BCUT2D eigenvalue weighted by Crippen LogP contribution is 2.35. The molecule has 0 spiro atoms. The molecule has 68 valence electrons. The Morgan fingerprint density at radius 1 is 1.50 bits per heavy atom. The van der Waals surface area contributed by atoms with Gasteiger partial charge in [0.1, 0.15) is 5.67 Å². The number of aliphatic carboxylic acids is 1. The SMILES string of the molecule is C/C(=C\C1(F)CCCC1)C(=O)O. The number of hydrogen-bond donors (Lipinski definition) is 1. The largest absolute Gasteiger partial charge is 0.478 e. The summed E-state index contributed by atoms with van der Waals surface area (Å²) in [7, 11) is 0. The molecule has 1 fully saturated rings. The van der Waals surface area contributed by atoms with Crippen molar-refractivity contribution in [3.8, 4) is 0 Å². The molecule has 0 radical (unpaired) electrons. The van der Waals surface area contributed by atoms with Crippen LogP contribution in [0, 0.1) is 0 Å². The molecule has 1 aliphatic rings. The monoisotopic (exact) mass is 172 g/mol. The van der Waals surface area contributed by atoms with Gasteiger partial charge in [-0.25, -0.2) is 9.18 Å². The number of alkyl halides is 1. The topological polar surface area (TPSA) is 37.3 Å². The van der Waals surface area contributed by atoms with E-state index in [1.54, 1.807) is 0 Å². The summed E-state index contributed by atoms with van der Waals surface area (Å²) >= 11 is 0. The van der Waals surface area contributed by atoms with Crippen molar-refractivity contribution < 1.29 is 14.3 Å². The standard InChI is InChI=1S/C9H13FO2/c1-7(8(11)12)6-9(10)4-2-3-5-9/h6H,2-5H2,1H3,(H,11,12)/b7-6+. The summed E-state index contributed by atoms with van der Waals surface area (Å²) in [5, 5.41) is 8.52. The first-order valence-corrected chi connectivity index (χ1v) is 4.15. The molecular formula is C9H13FO2. The van der Waals surface area contributed by atoms with E-state index in [0.717, 1.165) is 12.8 Å². The van der Waals surface area contributed by atoms with E-state index in [0.29, 0.717) is 12.8 Å². The van der Waals surface area contributed by atoms with Gasteiger partial charge in [-0.2, -0.15) is 0 Å². The molecule has 1 saturated carbocycles. The van der Waals surface area contributed by atoms with E-state index in [4.69, 9.17) is 5.11 Å². The van der Waals surface area contributed by atoms with Crippen molar-refractivity contribution in [3.05, 3.63) is 11.6 Å². The van der Waals surface area contributed by atoms with Gasteiger partial charge in [0.15, 0.2) is 0 Å². The zero-order chi connectivity index (χ0) is 9.19. The van der Waals surface area contributed by atoms with Crippen molar-refractivity contribution in [2.24, 2.45) is 0 Å². The van der Waals surface area contributed by atoms with Gasteiger partial charge < -0.3 is 5.11 Å². The highest BCUT2D eigenvalue weighted by atomic mass is 19.1. The minimum absolute atomic E-state index is 0.111. The maximum Gasteiger partial charge on any atom is 0.331 e. The summed E-state index contributed by atoms with van der Waals surface area (Å²) < 4.78 is 13.6. The molecule has 12 heavy (non-hydrogen) atoms. The van der Waals surface area contributed by atoms with E-state index in [2.05, 4.69) is 0 Å². The maximum atomic E-state index is 13.6. The van der Waals surface area contributed by atoms with Gasteiger partial charge in [-0.3, -0.25) is 0 Å². The van der Waals surface area contributed by atoms with Crippen LogP contribution >= 0.6 is 0 Å². The van der Waals surface area contributed by atoms with Crippen molar-refractivity contribution in [1.29, 1.82) is 0 Å². The van der Waals surface area contributed by atoms with Crippen molar-refractivity contribution in [3.63, 3.8) is 0 Å². The fraction of sp³-hybridized carbons (Fsp3) is 0.667. The van der Waals surface area contributed by atoms with Crippen LogP contribution in [0.5, 0.6) is 0 Å². The van der Waals surface area contributed by atoms with E-state index in [9.17, 15) is 9.18 Å². The second-order valence-corrected chi connectivity index (χ2v) is 3.37. The Hall–Kier alpha value is -0.860. The Morgan fingerprint density at radius 2 is 2.00 bits per heavy atom. The van der Waals surface area contributed by atoms with Crippen LogP contribution in [0.25, 0.3) is 0 Å². The van der Waals surface area contributed by atoms with Gasteiger partial charge in [0.25, 0.3) is 0 Å². The van der Waals surface area contributed by atoms with Crippen molar-refractivity contribution in [1.82, 2.24) is 0 Å². The van der Waals surface area contributed by atoms with Crippen LogP contribution in [0.2, 0.25) is 0 Å². The summed E-state index contributed by atoms with van der Waals surface area (Å²) in [4.78, 5) is 10.4. The van der Waals surface area contributed by atoms with Crippen LogP contribution in [-0.2, 0) is 4.79 Å². The molecule has 0 aliphatic heterocycles. The van der Waals surface area contributed by atoms with Gasteiger partial charge >= 0.3 is 5.97 Å². The molecule has 0 aromatic heterocycles. The Morgan fingerprint density at radius 3 is 2.42 bits per heavy atom. The highest BCUT2D eigenvalue weighted by molar-refractivity contribution is 5.86. The first-order chi connectivity index (χ1) is 5.53. The van der Waals surface area contributed by atoms with E-state index >= 15 is 0 Å². The van der Waals surface area contributed by atoms with Gasteiger partial charge in [0.2, 0.25) is 0 Å². The molecule has 0 atom stereocenters. The van der Waals surface area contributed by atoms with Gasteiger partial charge in [0, 0.05) is 5.57 Å². The zero-order valence-electron chi connectivity index (χ0n) is 7.14. The molecule has 0 heterocycles. The third-order valence-corrected chi connectivity index (χ3v) is 2.25. The first-order valence-electron chi connectivity index (χ1n) is 4.15. The maximum absolute atomic E-state index is 13.6. The number of hydrogen-bond acceptors (Lipinski definition) is 1. The molecule has 0 aromatic carbocycles. The van der Waals surface area contributed by atoms with Crippen LogP contribution < -0.4 is 0 Å². The predicted molar refractivity (Wildman–Crippen MR) is 43.7 cm³/mol. The Balaban J connectivity index is 2.70. The lowest BCUT2D eigenvalue weighted by atomic mass is 10.0. The van der Waals surface area contributed by atoms with Crippen molar-refractivity contribution in [2.75, 3.05) is 0 Å². The van der Waals surface area contributed by atoms with Crippen LogP contribution in [0.4, 0.5) is 4.39 Å². The number of carbonyl (C=O) groups is 1. The Kier molecular flexibility index (Phi) is 2.50. The number of carboxylic acid groups (broad SMARTS) is 1. The molecule has 3 heteroatoms. The number of allylic oxidation sites excluding steroid dienone is 1. The quantitative estimate of drug-likeness (QED) is 0.649. The smallest absolute Gasteiger partial charge is 0.331 e. The van der Waals surface area contributed by atoms with Gasteiger partial charge in [-0.05, 0) is 38.7 Å². The number of carboxylic acids is 1. The van der Waals surface area contributed by atoms with Crippen molar-refractivity contribution in [2.45, 2.75) is 38.3 Å². The highest BCUT2D eigenvalue weighted by Gasteiger charge is 2.31. The third kappa shape index (κ3) is 2.06. The normalized spacial score (nSPS) is 22.7. The van der Waals surface area contributed by atoms with Gasteiger partial charge in [-0.1, -0.05) is 0 Å². The van der Waals surface area contributed by atoms with E-state index in [1.165, 1.54) is 13.0 Å². The summed E-state index contributed by atoms with van der Waals surface area (Å²) in [6, 6.07) is 0. The second kappa shape index (κ2) is 3.25. The molecule has 0 unspecified atom stereocenters. The average Bonchev–Trinajstić information content (AvgIpc) is 2.35. The van der Waals surface area contributed by atoms with E-state index in [-0.39, 0.29) is 5.57 Å². The van der Waals surface area contributed by atoms with Crippen molar-refractivity contribution >= 4 is 5.97 Å². The van der Waals surface area contributed by atoms with E-state index in [1.807, 2.05) is 0 Å². The lowest BCUT2D eigenvalue weighted by molar-refractivity contribution is -0.132. The number of halogens is 1. The van der Waals surface area contributed by atoms with Crippen LogP contribution in [0.1, 0.15) is 32.6 Å². The summed E-state index contributed by atoms with van der Waals surface area (Å²) in [5.74, 6) is -1.03. The fourth-order valence-electron chi connectivity index (χ4n) is 1.56. The number of rotatable bonds is 2. The fourth-order valence-corrected chi connectivity index (χ4v) is 1.56. The third-order valence-electron chi connectivity index (χ3n) is 2.25. The van der Waals surface area contributed by atoms with Crippen LogP contribution in [0.15, 0.2) is 11.6 Å². The Labute approximate surface area is 71.1 Å². The zero-order valence-corrected chi connectivity index (χ0v) is 7.14. The summed E-state index contributed by atoms with van der Waals surface area (Å²) in [6.45, 7) is 1.43. The molecule has 0 amide bonds. The molecule has 2 nitrogen and oxygen atoms in total. The summed E-state index contributed by atoms with van der Waals surface area (Å²) in [6.07, 6.45) is 3.91. The molecule has 1 rings (SSSR count). The minimum atomic E-state index is -1.34. The predicted octanol–water partition coefficient (Wildman–Crippen LogP) is 2.30. The van der Waals surface area contributed by atoms with E-state index < -0.39 is 11.6 Å². The van der Waals surface area contributed by atoms with Gasteiger partial charge in [0.05, 0.1) is 0 Å².